The number of likely N-dealkylation sites (N-methyl/N-ethyl adjacent to an activating group) is 1. The fraction of sp³-hybridized carbons (Fsp3) is 1.00. The lowest BCUT2D eigenvalue weighted by molar-refractivity contribution is -0.0737. The maximum atomic E-state index is 5.88. The number of piperazine rings is 1. The van der Waals surface area contributed by atoms with Crippen molar-refractivity contribution >= 4 is 0 Å². The molecular formula is C11H23N3O. The minimum atomic E-state index is 0.118. The van der Waals surface area contributed by atoms with E-state index in [0.29, 0.717) is 0 Å². The highest BCUT2D eigenvalue weighted by Gasteiger charge is 2.32. The zero-order chi connectivity index (χ0) is 10.7. The Morgan fingerprint density at radius 1 is 1.20 bits per heavy atom. The predicted octanol–water partition coefficient (Wildman–Crippen LogP) is -0.388. The second-order valence-corrected chi connectivity index (χ2v) is 5.05. The molecule has 2 heterocycles. The van der Waals surface area contributed by atoms with Crippen LogP contribution in [-0.2, 0) is 4.74 Å². The molecule has 0 bridgehead atoms. The molecule has 0 aliphatic carbocycles. The van der Waals surface area contributed by atoms with Crippen molar-refractivity contribution in [2.45, 2.75) is 12.5 Å². The molecule has 0 amide bonds. The zero-order valence-electron chi connectivity index (χ0n) is 9.96. The van der Waals surface area contributed by atoms with Gasteiger partial charge in [-0.1, -0.05) is 0 Å². The second kappa shape index (κ2) is 4.78. The first-order valence-corrected chi connectivity index (χ1v) is 5.94. The van der Waals surface area contributed by atoms with E-state index in [4.69, 9.17) is 4.74 Å². The van der Waals surface area contributed by atoms with E-state index < -0.39 is 0 Å². The summed E-state index contributed by atoms with van der Waals surface area (Å²) in [6, 6.07) is 0. The highest BCUT2D eigenvalue weighted by molar-refractivity contribution is 4.90. The molecule has 0 radical (unpaired) electrons. The third-order valence-electron chi connectivity index (χ3n) is 3.45. The Morgan fingerprint density at radius 3 is 2.40 bits per heavy atom. The maximum absolute atomic E-state index is 5.88. The fourth-order valence-electron chi connectivity index (χ4n) is 2.07. The zero-order valence-corrected chi connectivity index (χ0v) is 9.96. The van der Waals surface area contributed by atoms with Crippen molar-refractivity contribution in [2.24, 2.45) is 0 Å². The molecule has 0 saturated carbocycles. The van der Waals surface area contributed by atoms with Gasteiger partial charge in [0.05, 0.1) is 12.2 Å². The summed E-state index contributed by atoms with van der Waals surface area (Å²) in [5.41, 5.74) is 0.118. The molecule has 2 rings (SSSR count). The molecule has 4 heteroatoms. The molecule has 1 N–H and O–H groups in total. The van der Waals surface area contributed by atoms with Gasteiger partial charge in [-0.3, -0.25) is 4.90 Å². The molecule has 0 aromatic heterocycles. The number of ether oxygens (including phenoxy) is 1. The van der Waals surface area contributed by atoms with Crippen molar-refractivity contribution < 1.29 is 4.74 Å². The van der Waals surface area contributed by atoms with Crippen LogP contribution in [-0.4, -0.2) is 74.9 Å². The van der Waals surface area contributed by atoms with E-state index in [-0.39, 0.29) is 5.60 Å². The molecular weight excluding hydrogens is 190 g/mol. The third kappa shape index (κ3) is 3.14. The van der Waals surface area contributed by atoms with Gasteiger partial charge in [-0.2, -0.15) is 0 Å². The van der Waals surface area contributed by atoms with Crippen molar-refractivity contribution in [2.75, 3.05) is 59.5 Å². The Bertz CT molecular complexity index is 198. The predicted molar refractivity (Wildman–Crippen MR) is 61.2 cm³/mol. The average molecular weight is 213 g/mol. The number of nitrogens with one attached hydrogen (secondary N) is 1. The van der Waals surface area contributed by atoms with Crippen LogP contribution < -0.4 is 5.32 Å². The summed E-state index contributed by atoms with van der Waals surface area (Å²) in [4.78, 5) is 4.88. The standard InChI is InChI=1S/C11H23N3O/c1-11(9-12-10-11)15-8-7-14-5-3-13(2)4-6-14/h12H,3-10H2,1-2H3. The van der Waals surface area contributed by atoms with Crippen LogP contribution in [0, 0.1) is 0 Å². The van der Waals surface area contributed by atoms with Crippen molar-refractivity contribution in [3.63, 3.8) is 0 Å². The van der Waals surface area contributed by atoms with Crippen LogP contribution in [0.5, 0.6) is 0 Å². The number of hydrogen-bond acceptors (Lipinski definition) is 4. The van der Waals surface area contributed by atoms with Crippen LogP contribution in [0.1, 0.15) is 6.92 Å². The quantitative estimate of drug-likeness (QED) is 0.688. The summed E-state index contributed by atoms with van der Waals surface area (Å²) in [6.45, 7) is 10.9. The van der Waals surface area contributed by atoms with Crippen molar-refractivity contribution in [3.8, 4) is 0 Å². The summed E-state index contributed by atoms with van der Waals surface area (Å²) in [7, 11) is 2.19. The first-order chi connectivity index (χ1) is 7.18. The minimum Gasteiger partial charge on any atom is -0.371 e. The molecule has 0 aromatic carbocycles. The first kappa shape index (κ1) is 11.3. The van der Waals surface area contributed by atoms with Gasteiger partial charge in [0.15, 0.2) is 0 Å². The van der Waals surface area contributed by atoms with Crippen LogP contribution in [0.25, 0.3) is 0 Å². The van der Waals surface area contributed by atoms with E-state index in [2.05, 4.69) is 29.1 Å². The van der Waals surface area contributed by atoms with Gasteiger partial charge in [-0.25, -0.2) is 0 Å². The van der Waals surface area contributed by atoms with Gasteiger partial charge in [0.25, 0.3) is 0 Å². The Kier molecular flexibility index (Phi) is 3.61. The lowest BCUT2D eigenvalue weighted by atomic mass is 10.0. The Labute approximate surface area is 92.6 Å². The number of rotatable bonds is 4. The largest absolute Gasteiger partial charge is 0.371 e. The van der Waals surface area contributed by atoms with E-state index in [1.165, 1.54) is 26.2 Å². The van der Waals surface area contributed by atoms with Gasteiger partial charge < -0.3 is 15.0 Å². The molecule has 88 valence electrons. The molecule has 2 saturated heterocycles. The minimum absolute atomic E-state index is 0.118. The Balaban J connectivity index is 1.57. The molecule has 2 aliphatic heterocycles. The molecule has 0 unspecified atom stereocenters. The van der Waals surface area contributed by atoms with Crippen molar-refractivity contribution in [1.29, 1.82) is 0 Å². The summed E-state index contributed by atoms with van der Waals surface area (Å²) in [6.07, 6.45) is 0. The summed E-state index contributed by atoms with van der Waals surface area (Å²) in [5.74, 6) is 0. The SMILES string of the molecule is CN1CCN(CCOC2(C)CNC2)CC1. The maximum Gasteiger partial charge on any atom is 0.0902 e. The Hall–Kier alpha value is -0.160. The van der Waals surface area contributed by atoms with E-state index in [1.54, 1.807) is 0 Å². The lowest BCUT2D eigenvalue weighted by Crippen LogP contribution is -2.59. The molecule has 2 fully saturated rings. The van der Waals surface area contributed by atoms with E-state index in [9.17, 15) is 0 Å². The highest BCUT2D eigenvalue weighted by Crippen LogP contribution is 2.14. The smallest absolute Gasteiger partial charge is 0.0902 e. The van der Waals surface area contributed by atoms with Crippen LogP contribution in [0.3, 0.4) is 0 Å². The van der Waals surface area contributed by atoms with E-state index in [0.717, 1.165) is 26.2 Å². The van der Waals surface area contributed by atoms with Gasteiger partial charge in [0.1, 0.15) is 0 Å². The fourth-order valence-corrected chi connectivity index (χ4v) is 2.07. The van der Waals surface area contributed by atoms with Gasteiger partial charge in [0, 0.05) is 45.8 Å². The third-order valence-corrected chi connectivity index (χ3v) is 3.45. The van der Waals surface area contributed by atoms with Gasteiger partial charge in [-0.15, -0.1) is 0 Å². The first-order valence-electron chi connectivity index (χ1n) is 5.94. The molecule has 0 aromatic rings. The topological polar surface area (TPSA) is 27.7 Å². The molecule has 0 spiro atoms. The van der Waals surface area contributed by atoms with Crippen LogP contribution in [0.2, 0.25) is 0 Å². The summed E-state index contributed by atoms with van der Waals surface area (Å²) < 4.78 is 5.88. The molecule has 0 atom stereocenters. The van der Waals surface area contributed by atoms with Crippen molar-refractivity contribution in [3.05, 3.63) is 0 Å². The van der Waals surface area contributed by atoms with Gasteiger partial charge >= 0.3 is 0 Å². The summed E-state index contributed by atoms with van der Waals surface area (Å²) >= 11 is 0. The summed E-state index contributed by atoms with van der Waals surface area (Å²) in [5, 5.41) is 3.25. The van der Waals surface area contributed by atoms with Crippen LogP contribution in [0.15, 0.2) is 0 Å². The van der Waals surface area contributed by atoms with Gasteiger partial charge in [-0.05, 0) is 14.0 Å². The monoisotopic (exact) mass is 213 g/mol. The molecule has 2 aliphatic rings. The second-order valence-electron chi connectivity index (χ2n) is 5.05. The van der Waals surface area contributed by atoms with E-state index in [1.807, 2.05) is 0 Å². The molecule has 15 heavy (non-hydrogen) atoms. The van der Waals surface area contributed by atoms with E-state index >= 15 is 0 Å². The molecule has 4 nitrogen and oxygen atoms in total. The normalized spacial score (nSPS) is 27.6. The van der Waals surface area contributed by atoms with Crippen LogP contribution >= 0.6 is 0 Å². The van der Waals surface area contributed by atoms with Crippen LogP contribution in [0.4, 0.5) is 0 Å². The highest BCUT2D eigenvalue weighted by atomic mass is 16.5. The lowest BCUT2D eigenvalue weighted by Gasteiger charge is -2.40. The Morgan fingerprint density at radius 2 is 1.87 bits per heavy atom. The number of hydrogen-bond donors (Lipinski definition) is 1. The van der Waals surface area contributed by atoms with Crippen molar-refractivity contribution in [1.82, 2.24) is 15.1 Å². The average Bonchev–Trinajstić information content (AvgIpc) is 2.19. The van der Waals surface area contributed by atoms with Gasteiger partial charge in [0.2, 0.25) is 0 Å². The number of nitrogens with zero attached hydrogens (tertiary/aromatic N) is 2.